The maximum atomic E-state index is 5.92. The van der Waals surface area contributed by atoms with E-state index in [0.29, 0.717) is 21.8 Å². The summed E-state index contributed by atoms with van der Waals surface area (Å²) in [7, 11) is 0. The van der Waals surface area contributed by atoms with Crippen LogP contribution >= 0.6 is 23.1 Å². The van der Waals surface area contributed by atoms with E-state index in [9.17, 15) is 0 Å². The smallest absolute Gasteiger partial charge is 0.192 e. The topological polar surface area (TPSA) is 104 Å². The minimum Gasteiger partial charge on any atom is -0.382 e. The summed E-state index contributed by atoms with van der Waals surface area (Å²) in [6.45, 7) is 2.05. The van der Waals surface area contributed by atoms with Gasteiger partial charge in [-0.05, 0) is 19.1 Å². The molecule has 4 N–H and O–H groups in total. The Bertz CT molecular complexity index is 742. The van der Waals surface area contributed by atoms with Crippen LogP contribution in [0.15, 0.2) is 29.6 Å². The summed E-state index contributed by atoms with van der Waals surface area (Å²) in [4.78, 5) is 17.2. The third-order valence-corrected chi connectivity index (χ3v) is 4.55. The average Bonchev–Trinajstić information content (AvgIpc) is 2.81. The lowest BCUT2D eigenvalue weighted by Gasteiger charge is -2.09. The Hall–Kier alpha value is -1.93. The number of fused-ring (bicyclic) bond motifs is 1. The van der Waals surface area contributed by atoms with E-state index >= 15 is 0 Å². The first kappa shape index (κ1) is 13.1. The lowest BCUT2D eigenvalue weighted by molar-refractivity contribution is 0.960. The number of aromatic nitrogens is 4. The standard InChI is InChI=1S/C12H12N6S2/c1-6(7-4-2-3-5-15-7)19-12-16-9(13)8-10(18-12)17-11(14)20-8/h2-6H,1H3,(H4,13,14,16,17,18). The quantitative estimate of drug-likeness (QED) is 0.566. The van der Waals surface area contributed by atoms with E-state index in [1.165, 1.54) is 23.1 Å². The molecule has 0 amide bonds. The fourth-order valence-corrected chi connectivity index (χ4v) is 3.27. The van der Waals surface area contributed by atoms with E-state index in [-0.39, 0.29) is 5.25 Å². The summed E-state index contributed by atoms with van der Waals surface area (Å²) in [6.07, 6.45) is 1.77. The first-order chi connectivity index (χ1) is 9.63. The van der Waals surface area contributed by atoms with Gasteiger partial charge in [-0.25, -0.2) is 15.0 Å². The van der Waals surface area contributed by atoms with Crippen LogP contribution in [-0.2, 0) is 0 Å². The molecule has 0 saturated carbocycles. The molecule has 0 spiro atoms. The molecule has 6 nitrogen and oxygen atoms in total. The molecular formula is C12H12N6S2. The van der Waals surface area contributed by atoms with Crippen LogP contribution in [0.2, 0.25) is 0 Å². The molecule has 0 aliphatic heterocycles. The van der Waals surface area contributed by atoms with Crippen LogP contribution in [0.5, 0.6) is 0 Å². The average molecular weight is 304 g/mol. The molecule has 20 heavy (non-hydrogen) atoms. The number of hydrogen-bond acceptors (Lipinski definition) is 8. The van der Waals surface area contributed by atoms with Crippen LogP contribution in [0, 0.1) is 0 Å². The van der Waals surface area contributed by atoms with E-state index < -0.39 is 0 Å². The number of hydrogen-bond donors (Lipinski definition) is 2. The van der Waals surface area contributed by atoms with E-state index in [4.69, 9.17) is 11.5 Å². The fraction of sp³-hybridized carbons (Fsp3) is 0.167. The molecule has 3 heterocycles. The second-order valence-corrected chi connectivity index (χ2v) is 6.45. The van der Waals surface area contributed by atoms with Gasteiger partial charge >= 0.3 is 0 Å². The van der Waals surface area contributed by atoms with Crippen molar-refractivity contribution in [2.24, 2.45) is 0 Å². The highest BCUT2D eigenvalue weighted by Crippen LogP contribution is 2.34. The molecule has 0 radical (unpaired) electrons. The van der Waals surface area contributed by atoms with Crippen LogP contribution in [0.1, 0.15) is 17.9 Å². The van der Waals surface area contributed by atoms with Gasteiger partial charge in [-0.2, -0.15) is 0 Å². The Labute approximate surface area is 123 Å². The van der Waals surface area contributed by atoms with Crippen molar-refractivity contribution >= 4 is 44.4 Å². The predicted octanol–water partition coefficient (Wildman–Crippen LogP) is 2.50. The van der Waals surface area contributed by atoms with E-state index in [0.717, 1.165) is 10.4 Å². The Kier molecular flexibility index (Phi) is 3.41. The van der Waals surface area contributed by atoms with Crippen LogP contribution < -0.4 is 11.5 Å². The van der Waals surface area contributed by atoms with Crippen molar-refractivity contribution in [3.63, 3.8) is 0 Å². The van der Waals surface area contributed by atoms with Gasteiger partial charge in [0.25, 0.3) is 0 Å². The number of thiazole rings is 1. The first-order valence-electron chi connectivity index (χ1n) is 5.90. The molecule has 1 atom stereocenters. The zero-order valence-electron chi connectivity index (χ0n) is 10.6. The normalized spacial score (nSPS) is 12.7. The van der Waals surface area contributed by atoms with Crippen LogP contribution in [0.3, 0.4) is 0 Å². The van der Waals surface area contributed by atoms with Crippen molar-refractivity contribution in [3.05, 3.63) is 30.1 Å². The molecule has 0 aliphatic carbocycles. The van der Waals surface area contributed by atoms with Crippen molar-refractivity contribution < 1.29 is 0 Å². The Morgan fingerprint density at radius 1 is 1.20 bits per heavy atom. The zero-order chi connectivity index (χ0) is 14.1. The lowest BCUT2D eigenvalue weighted by atomic mass is 10.3. The van der Waals surface area contributed by atoms with Crippen LogP contribution in [0.4, 0.5) is 10.9 Å². The fourth-order valence-electron chi connectivity index (χ4n) is 1.73. The van der Waals surface area contributed by atoms with Gasteiger partial charge in [-0.1, -0.05) is 29.2 Å². The number of nitrogens with zero attached hydrogens (tertiary/aromatic N) is 4. The molecule has 3 aromatic rings. The highest BCUT2D eigenvalue weighted by molar-refractivity contribution is 7.99. The van der Waals surface area contributed by atoms with Crippen LogP contribution in [0.25, 0.3) is 10.3 Å². The largest absolute Gasteiger partial charge is 0.382 e. The Morgan fingerprint density at radius 3 is 2.80 bits per heavy atom. The number of nitrogen functional groups attached to an aromatic ring is 2. The third kappa shape index (κ3) is 2.52. The first-order valence-corrected chi connectivity index (χ1v) is 7.60. The van der Waals surface area contributed by atoms with Crippen molar-refractivity contribution in [2.45, 2.75) is 17.3 Å². The van der Waals surface area contributed by atoms with Gasteiger partial charge in [0.05, 0.1) is 10.9 Å². The van der Waals surface area contributed by atoms with E-state index in [1.807, 2.05) is 25.1 Å². The summed E-state index contributed by atoms with van der Waals surface area (Å²) < 4.78 is 0.734. The van der Waals surface area contributed by atoms with Crippen LogP contribution in [-0.4, -0.2) is 19.9 Å². The van der Waals surface area contributed by atoms with Crippen molar-refractivity contribution in [2.75, 3.05) is 11.5 Å². The zero-order valence-corrected chi connectivity index (χ0v) is 12.3. The highest BCUT2D eigenvalue weighted by Gasteiger charge is 2.14. The second kappa shape index (κ2) is 5.22. The van der Waals surface area contributed by atoms with Gasteiger partial charge < -0.3 is 11.5 Å². The number of thioether (sulfide) groups is 1. The summed E-state index contributed by atoms with van der Waals surface area (Å²) >= 11 is 2.79. The van der Waals surface area contributed by atoms with Crippen molar-refractivity contribution in [3.8, 4) is 0 Å². The maximum Gasteiger partial charge on any atom is 0.192 e. The van der Waals surface area contributed by atoms with E-state index in [1.54, 1.807) is 6.20 Å². The third-order valence-electron chi connectivity index (χ3n) is 2.66. The van der Waals surface area contributed by atoms with Gasteiger partial charge in [0, 0.05) is 6.20 Å². The molecule has 8 heteroatoms. The molecule has 0 saturated heterocycles. The number of rotatable bonds is 3. The van der Waals surface area contributed by atoms with E-state index in [2.05, 4.69) is 19.9 Å². The molecular weight excluding hydrogens is 292 g/mol. The minimum absolute atomic E-state index is 0.129. The summed E-state index contributed by atoms with van der Waals surface area (Å²) in [6, 6.07) is 5.82. The SMILES string of the molecule is CC(Sc1nc(N)c2sc(N)nc2n1)c1ccccn1. The highest BCUT2D eigenvalue weighted by atomic mass is 32.2. The molecule has 0 aromatic carbocycles. The molecule has 0 fully saturated rings. The number of anilines is 2. The van der Waals surface area contributed by atoms with Gasteiger partial charge in [-0.3, -0.25) is 4.98 Å². The Morgan fingerprint density at radius 2 is 2.05 bits per heavy atom. The van der Waals surface area contributed by atoms with Gasteiger partial charge in [-0.15, -0.1) is 0 Å². The number of pyridine rings is 1. The van der Waals surface area contributed by atoms with Gasteiger partial charge in [0.15, 0.2) is 15.9 Å². The Balaban J connectivity index is 1.91. The summed E-state index contributed by atoms with van der Waals surface area (Å²) in [5.74, 6) is 0.417. The molecule has 3 rings (SSSR count). The molecule has 3 aromatic heterocycles. The summed E-state index contributed by atoms with van der Waals surface area (Å²) in [5, 5.41) is 1.16. The summed E-state index contributed by atoms with van der Waals surface area (Å²) in [5.41, 5.74) is 13.1. The van der Waals surface area contributed by atoms with Crippen molar-refractivity contribution in [1.29, 1.82) is 0 Å². The van der Waals surface area contributed by atoms with Crippen molar-refractivity contribution in [1.82, 2.24) is 19.9 Å². The molecule has 1 unspecified atom stereocenters. The number of nitrogens with two attached hydrogens (primary N) is 2. The predicted molar refractivity (Wildman–Crippen MR) is 82.5 cm³/mol. The molecule has 0 bridgehead atoms. The second-order valence-electron chi connectivity index (χ2n) is 4.11. The monoisotopic (exact) mass is 304 g/mol. The van der Waals surface area contributed by atoms with Gasteiger partial charge in [0.1, 0.15) is 10.5 Å². The lowest BCUT2D eigenvalue weighted by Crippen LogP contribution is -1.98. The molecule has 102 valence electrons. The maximum absolute atomic E-state index is 5.92. The molecule has 0 aliphatic rings. The minimum atomic E-state index is 0.129. The van der Waals surface area contributed by atoms with Gasteiger partial charge in [0.2, 0.25) is 0 Å².